The molecule has 1 heterocycles. The Labute approximate surface area is 452 Å². The second-order valence-electron chi connectivity index (χ2n) is 23.3. The Bertz CT molecular complexity index is 1070. The van der Waals surface area contributed by atoms with Gasteiger partial charge in [0, 0.05) is 38.8 Å². The predicted octanol–water partition coefficient (Wildman–Crippen LogP) is 18.3. The number of carbonyl (C=O) groups is 2. The predicted molar refractivity (Wildman–Crippen MR) is 319 cm³/mol. The minimum atomic E-state index is 0.272. The SMILES string of the molecule is CCCCCCCCCCCCCCN(CCCCCCCCCCCCCC)CC(=O)N1CCN(C(=O)CN(CCCCCCCCC)CCC(CCCCCCCCC)NCCCCCCCC)CC1. The molecule has 72 heavy (non-hydrogen) atoms. The second-order valence-corrected chi connectivity index (χ2v) is 23.3. The number of piperazine rings is 1. The zero-order valence-electron chi connectivity index (χ0n) is 50.0. The van der Waals surface area contributed by atoms with Crippen molar-refractivity contribution in [3.8, 4) is 0 Å². The van der Waals surface area contributed by atoms with Gasteiger partial charge in [0.25, 0.3) is 0 Å². The van der Waals surface area contributed by atoms with Crippen LogP contribution in [-0.2, 0) is 9.59 Å². The van der Waals surface area contributed by atoms with E-state index in [1.54, 1.807) is 0 Å². The van der Waals surface area contributed by atoms with Crippen molar-refractivity contribution in [2.75, 3.05) is 72.0 Å². The molecule has 0 aromatic heterocycles. The standard InChI is InChI=1S/C65H131N5O2/c1-6-11-16-21-26-28-30-32-34-38-43-47-53-67(54-48-44-39-35-33-31-29-27-22-17-12-7-2)61-64(71)69-57-59-70(60-58-69)65(72)62-68(55-49-42-37-24-19-14-9-4)56-51-63(50-45-40-36-23-18-13-8-3)66-52-46-41-25-20-15-10-5/h63,66H,6-62H2,1-5H3. The Balaban J connectivity index is 2.75. The lowest BCUT2D eigenvalue weighted by Crippen LogP contribution is -2.54. The number of rotatable bonds is 57. The van der Waals surface area contributed by atoms with Crippen molar-refractivity contribution >= 4 is 11.8 Å². The van der Waals surface area contributed by atoms with Crippen LogP contribution < -0.4 is 5.32 Å². The van der Waals surface area contributed by atoms with Crippen LogP contribution in [0.3, 0.4) is 0 Å². The number of unbranched alkanes of at least 4 members (excludes halogenated alkanes) is 39. The Morgan fingerprint density at radius 3 is 0.875 bits per heavy atom. The molecule has 0 aromatic carbocycles. The molecule has 1 rings (SSSR count). The van der Waals surface area contributed by atoms with Crippen LogP contribution in [0.5, 0.6) is 0 Å². The quantitative estimate of drug-likeness (QED) is 0.0615. The first-order chi connectivity index (χ1) is 35.5. The first-order valence-corrected chi connectivity index (χ1v) is 33.2. The van der Waals surface area contributed by atoms with Crippen molar-refractivity contribution in [3.05, 3.63) is 0 Å². The number of amides is 2. The van der Waals surface area contributed by atoms with Crippen LogP contribution in [0.4, 0.5) is 0 Å². The zero-order chi connectivity index (χ0) is 52.1. The van der Waals surface area contributed by atoms with Crippen molar-refractivity contribution in [2.45, 2.75) is 336 Å². The fraction of sp³-hybridized carbons (Fsp3) is 0.969. The van der Waals surface area contributed by atoms with Gasteiger partial charge in [0.1, 0.15) is 0 Å². The molecule has 2 amide bonds. The van der Waals surface area contributed by atoms with Gasteiger partial charge in [0.05, 0.1) is 13.1 Å². The molecule has 0 radical (unpaired) electrons. The minimum Gasteiger partial charge on any atom is -0.338 e. The molecule has 0 saturated carbocycles. The van der Waals surface area contributed by atoms with Gasteiger partial charge in [0.2, 0.25) is 11.8 Å². The number of hydrogen-bond donors (Lipinski definition) is 1. The summed E-state index contributed by atoms with van der Waals surface area (Å²) in [4.78, 5) is 37.2. The van der Waals surface area contributed by atoms with Crippen molar-refractivity contribution in [1.29, 1.82) is 0 Å². The number of nitrogens with one attached hydrogen (secondary N) is 1. The maximum absolute atomic E-state index is 14.1. The Morgan fingerprint density at radius 2 is 0.569 bits per heavy atom. The fourth-order valence-corrected chi connectivity index (χ4v) is 11.2. The fourth-order valence-electron chi connectivity index (χ4n) is 11.2. The second kappa shape index (κ2) is 54.6. The van der Waals surface area contributed by atoms with E-state index in [0.717, 1.165) is 39.1 Å². The zero-order valence-corrected chi connectivity index (χ0v) is 50.0. The highest BCUT2D eigenvalue weighted by Crippen LogP contribution is 2.17. The molecular formula is C65H131N5O2. The van der Waals surface area contributed by atoms with Gasteiger partial charge in [-0.25, -0.2) is 0 Å². The number of carbonyl (C=O) groups excluding carboxylic acids is 2. The minimum absolute atomic E-state index is 0.272. The largest absolute Gasteiger partial charge is 0.338 e. The van der Waals surface area contributed by atoms with E-state index < -0.39 is 0 Å². The van der Waals surface area contributed by atoms with Gasteiger partial charge < -0.3 is 15.1 Å². The summed E-state index contributed by atoms with van der Waals surface area (Å²) >= 11 is 0. The van der Waals surface area contributed by atoms with E-state index in [2.05, 4.69) is 59.5 Å². The van der Waals surface area contributed by atoms with E-state index >= 15 is 0 Å². The van der Waals surface area contributed by atoms with Crippen LogP contribution in [0.2, 0.25) is 0 Å². The molecule has 0 aromatic rings. The van der Waals surface area contributed by atoms with Gasteiger partial charge in [-0.1, -0.05) is 291 Å². The van der Waals surface area contributed by atoms with Crippen molar-refractivity contribution in [3.63, 3.8) is 0 Å². The molecule has 1 atom stereocenters. The summed E-state index contributed by atoms with van der Waals surface area (Å²) in [6.45, 7) is 20.5. The number of hydrogen-bond acceptors (Lipinski definition) is 5. The molecule has 0 bridgehead atoms. The van der Waals surface area contributed by atoms with Gasteiger partial charge in [0.15, 0.2) is 0 Å². The Hall–Kier alpha value is -1.18. The summed E-state index contributed by atoms with van der Waals surface area (Å²) in [7, 11) is 0. The summed E-state index contributed by atoms with van der Waals surface area (Å²) in [6, 6.07) is 0.538. The lowest BCUT2D eigenvalue weighted by molar-refractivity contribution is -0.140. The van der Waals surface area contributed by atoms with E-state index in [0.29, 0.717) is 45.3 Å². The summed E-state index contributed by atoms with van der Waals surface area (Å²) in [6.07, 6.45) is 61.8. The molecule has 1 fully saturated rings. The van der Waals surface area contributed by atoms with Gasteiger partial charge in [-0.2, -0.15) is 0 Å². The van der Waals surface area contributed by atoms with Gasteiger partial charge in [-0.15, -0.1) is 0 Å². The Morgan fingerprint density at radius 1 is 0.319 bits per heavy atom. The third-order valence-electron chi connectivity index (χ3n) is 16.3. The van der Waals surface area contributed by atoms with E-state index in [1.165, 1.54) is 289 Å². The van der Waals surface area contributed by atoms with Crippen LogP contribution in [0.1, 0.15) is 330 Å². The molecule has 1 aliphatic rings. The maximum Gasteiger partial charge on any atom is 0.236 e. The third kappa shape index (κ3) is 44.0. The van der Waals surface area contributed by atoms with E-state index in [1.807, 2.05) is 0 Å². The molecule has 0 spiro atoms. The van der Waals surface area contributed by atoms with Crippen molar-refractivity contribution in [2.24, 2.45) is 0 Å². The summed E-state index contributed by atoms with van der Waals surface area (Å²) in [5.74, 6) is 0.551. The summed E-state index contributed by atoms with van der Waals surface area (Å²) in [5, 5.41) is 4.02. The molecular weight excluding hydrogens is 883 g/mol. The molecule has 1 aliphatic heterocycles. The van der Waals surface area contributed by atoms with Crippen LogP contribution in [-0.4, -0.2) is 109 Å². The smallest absolute Gasteiger partial charge is 0.236 e. The highest BCUT2D eigenvalue weighted by molar-refractivity contribution is 5.80. The average Bonchev–Trinajstić information content (AvgIpc) is 3.39. The van der Waals surface area contributed by atoms with Gasteiger partial charge >= 0.3 is 0 Å². The van der Waals surface area contributed by atoms with Gasteiger partial charge in [-0.05, 0) is 64.7 Å². The monoisotopic (exact) mass is 1010 g/mol. The van der Waals surface area contributed by atoms with Crippen LogP contribution in [0.15, 0.2) is 0 Å². The summed E-state index contributed by atoms with van der Waals surface area (Å²) in [5.41, 5.74) is 0. The van der Waals surface area contributed by atoms with Crippen LogP contribution in [0, 0.1) is 0 Å². The molecule has 0 aliphatic carbocycles. The maximum atomic E-state index is 14.1. The lowest BCUT2D eigenvalue weighted by atomic mass is 10.0. The van der Waals surface area contributed by atoms with Crippen molar-refractivity contribution in [1.82, 2.24) is 24.9 Å². The van der Waals surface area contributed by atoms with E-state index in [9.17, 15) is 9.59 Å². The molecule has 428 valence electrons. The topological polar surface area (TPSA) is 59.1 Å². The molecule has 7 nitrogen and oxygen atoms in total. The first kappa shape index (κ1) is 68.8. The molecule has 7 heteroatoms. The Kier molecular flexibility index (Phi) is 52.2. The van der Waals surface area contributed by atoms with E-state index in [-0.39, 0.29) is 11.8 Å². The van der Waals surface area contributed by atoms with Crippen LogP contribution in [0.25, 0.3) is 0 Å². The number of nitrogens with zero attached hydrogens (tertiary/aromatic N) is 4. The first-order valence-electron chi connectivity index (χ1n) is 33.2. The van der Waals surface area contributed by atoms with Crippen LogP contribution >= 0.6 is 0 Å². The normalized spacial score (nSPS) is 13.6. The van der Waals surface area contributed by atoms with Crippen molar-refractivity contribution < 1.29 is 9.59 Å². The molecule has 1 N–H and O–H groups in total. The third-order valence-corrected chi connectivity index (χ3v) is 16.3. The van der Waals surface area contributed by atoms with Gasteiger partial charge in [-0.3, -0.25) is 19.4 Å². The molecule has 1 unspecified atom stereocenters. The highest BCUT2D eigenvalue weighted by Gasteiger charge is 2.26. The summed E-state index contributed by atoms with van der Waals surface area (Å²) < 4.78 is 0. The highest BCUT2D eigenvalue weighted by atomic mass is 16.2. The van der Waals surface area contributed by atoms with E-state index in [4.69, 9.17) is 0 Å². The lowest BCUT2D eigenvalue weighted by Gasteiger charge is -2.37. The molecule has 1 saturated heterocycles. The average molecular weight is 1010 g/mol.